The van der Waals surface area contributed by atoms with E-state index in [1.54, 1.807) is 78.9 Å². The Bertz CT molecular complexity index is 1440. The van der Waals surface area contributed by atoms with Gasteiger partial charge < -0.3 is 19.3 Å². The maximum atomic E-state index is 13.9. The number of methoxy groups -OCH3 is 2. The first-order chi connectivity index (χ1) is 18.9. The summed E-state index contributed by atoms with van der Waals surface area (Å²) in [4.78, 5) is 26.5. The van der Waals surface area contributed by atoms with Crippen LogP contribution in [-0.2, 0) is 9.59 Å². The van der Waals surface area contributed by atoms with Gasteiger partial charge in [0.2, 0.25) is 0 Å². The van der Waals surface area contributed by atoms with Gasteiger partial charge in [0.05, 0.1) is 26.1 Å². The van der Waals surface area contributed by atoms with Crippen molar-refractivity contribution in [3.05, 3.63) is 114 Å². The first kappa shape index (κ1) is 26.0. The van der Waals surface area contributed by atoms with Gasteiger partial charge in [-0.25, -0.2) is 4.39 Å². The van der Waals surface area contributed by atoms with Crippen molar-refractivity contribution in [1.82, 2.24) is 0 Å². The number of carbonyl (C=O) groups is 2. The SMILES string of the molecule is COc1ccccc1[C@@H]1[C@H](C(=O)O)[C@@H](c2ccccc2OC)[C@H]1C(=O)Oc1cccc(-c2ccc(F)cc2)c1. The summed E-state index contributed by atoms with van der Waals surface area (Å²) in [5, 5.41) is 10.3. The number of carboxylic acid groups (broad SMARTS) is 1. The lowest BCUT2D eigenvalue weighted by Gasteiger charge is -2.49. The minimum atomic E-state index is -1.02. The van der Waals surface area contributed by atoms with Gasteiger partial charge in [0, 0.05) is 11.8 Å². The smallest absolute Gasteiger partial charge is 0.315 e. The molecule has 0 bridgehead atoms. The van der Waals surface area contributed by atoms with Crippen molar-refractivity contribution in [3.8, 4) is 28.4 Å². The summed E-state index contributed by atoms with van der Waals surface area (Å²) in [6.07, 6.45) is 0. The van der Waals surface area contributed by atoms with E-state index in [1.165, 1.54) is 26.4 Å². The predicted octanol–water partition coefficient (Wildman–Crippen LogP) is 6.31. The summed E-state index contributed by atoms with van der Waals surface area (Å²) in [5.74, 6) is -3.75. The van der Waals surface area contributed by atoms with Crippen LogP contribution in [0.4, 0.5) is 4.39 Å². The zero-order valence-electron chi connectivity index (χ0n) is 21.4. The highest BCUT2D eigenvalue weighted by Crippen LogP contribution is 2.60. The molecule has 4 aromatic rings. The molecule has 1 N–H and O–H groups in total. The van der Waals surface area contributed by atoms with Gasteiger partial charge in [0.25, 0.3) is 0 Å². The van der Waals surface area contributed by atoms with Gasteiger partial charge in [0.15, 0.2) is 0 Å². The van der Waals surface area contributed by atoms with E-state index >= 15 is 0 Å². The van der Waals surface area contributed by atoms with Gasteiger partial charge in [-0.15, -0.1) is 0 Å². The van der Waals surface area contributed by atoms with E-state index < -0.39 is 35.6 Å². The monoisotopic (exact) mass is 526 g/mol. The molecule has 0 radical (unpaired) electrons. The largest absolute Gasteiger partial charge is 0.496 e. The molecule has 0 heterocycles. The van der Waals surface area contributed by atoms with Gasteiger partial charge in [-0.2, -0.15) is 0 Å². The van der Waals surface area contributed by atoms with E-state index in [4.69, 9.17) is 14.2 Å². The van der Waals surface area contributed by atoms with Crippen LogP contribution in [0.5, 0.6) is 17.2 Å². The highest BCUT2D eigenvalue weighted by atomic mass is 19.1. The summed E-state index contributed by atoms with van der Waals surface area (Å²) < 4.78 is 30.4. The Balaban J connectivity index is 1.55. The Morgan fingerprint density at radius 1 is 0.692 bits per heavy atom. The maximum Gasteiger partial charge on any atom is 0.315 e. The average Bonchev–Trinajstić information content (AvgIpc) is 2.93. The third-order valence-electron chi connectivity index (χ3n) is 7.33. The fourth-order valence-corrected chi connectivity index (χ4v) is 5.57. The van der Waals surface area contributed by atoms with Gasteiger partial charge in [-0.05, 0) is 58.7 Å². The Labute approximate surface area is 225 Å². The molecule has 1 aliphatic rings. The number of ether oxygens (including phenoxy) is 3. The molecule has 2 atom stereocenters. The van der Waals surface area contributed by atoms with Crippen molar-refractivity contribution in [2.24, 2.45) is 11.8 Å². The van der Waals surface area contributed by atoms with Crippen molar-refractivity contribution in [2.45, 2.75) is 11.8 Å². The van der Waals surface area contributed by atoms with Crippen LogP contribution in [0.25, 0.3) is 11.1 Å². The first-order valence-corrected chi connectivity index (χ1v) is 12.5. The van der Waals surface area contributed by atoms with E-state index in [9.17, 15) is 19.1 Å². The molecule has 1 fully saturated rings. The molecule has 1 aliphatic carbocycles. The second-order valence-electron chi connectivity index (χ2n) is 9.38. The third kappa shape index (κ3) is 4.95. The van der Waals surface area contributed by atoms with E-state index in [2.05, 4.69) is 0 Å². The number of carboxylic acids is 1. The molecular formula is C32H27FO6. The van der Waals surface area contributed by atoms with Crippen LogP contribution >= 0.6 is 0 Å². The Morgan fingerprint density at radius 3 is 1.79 bits per heavy atom. The van der Waals surface area contributed by atoms with Gasteiger partial charge in [0.1, 0.15) is 23.1 Å². The number of halogens is 1. The number of esters is 1. The molecule has 39 heavy (non-hydrogen) atoms. The fraction of sp³-hybridized carbons (Fsp3) is 0.188. The number of carbonyl (C=O) groups excluding carboxylic acids is 1. The Morgan fingerprint density at radius 2 is 1.26 bits per heavy atom. The minimum Gasteiger partial charge on any atom is -0.496 e. The summed E-state index contributed by atoms with van der Waals surface area (Å²) in [7, 11) is 3.03. The molecular weight excluding hydrogens is 499 g/mol. The lowest BCUT2D eigenvalue weighted by atomic mass is 9.52. The third-order valence-corrected chi connectivity index (χ3v) is 7.33. The van der Waals surface area contributed by atoms with Crippen molar-refractivity contribution >= 4 is 11.9 Å². The highest BCUT2D eigenvalue weighted by Gasteiger charge is 2.60. The standard InChI is InChI=1S/C32H27FO6/c1-37-25-12-5-3-10-23(25)27-29(31(34)35)28(24-11-4-6-13-26(24)38-2)30(27)32(36)39-22-9-7-8-20(18-22)19-14-16-21(33)17-15-19/h3-18,27-30H,1-2H3,(H,34,35)/t27-,28-,29-,30-/m1/s1. The lowest BCUT2D eigenvalue weighted by Crippen LogP contribution is -2.52. The number of rotatable bonds is 8. The molecule has 0 aromatic heterocycles. The molecule has 0 aliphatic heterocycles. The second kappa shape index (κ2) is 11.0. The Hall–Kier alpha value is -4.65. The lowest BCUT2D eigenvalue weighted by molar-refractivity contribution is -0.158. The van der Waals surface area contributed by atoms with Crippen molar-refractivity contribution < 1.29 is 33.3 Å². The van der Waals surface area contributed by atoms with Crippen LogP contribution in [0, 0.1) is 17.7 Å². The number of para-hydroxylation sites is 2. The Kier molecular flexibility index (Phi) is 7.32. The van der Waals surface area contributed by atoms with Gasteiger partial charge in [-0.1, -0.05) is 60.7 Å². The zero-order chi connectivity index (χ0) is 27.5. The van der Waals surface area contributed by atoms with Gasteiger partial charge in [-0.3, -0.25) is 9.59 Å². The molecule has 1 saturated carbocycles. The second-order valence-corrected chi connectivity index (χ2v) is 9.38. The molecule has 0 saturated heterocycles. The van der Waals surface area contributed by atoms with Crippen LogP contribution < -0.4 is 14.2 Å². The van der Waals surface area contributed by atoms with Gasteiger partial charge >= 0.3 is 11.9 Å². The van der Waals surface area contributed by atoms with Crippen LogP contribution in [-0.4, -0.2) is 31.3 Å². The van der Waals surface area contributed by atoms with E-state index in [0.29, 0.717) is 28.4 Å². The molecule has 6 nitrogen and oxygen atoms in total. The summed E-state index contributed by atoms with van der Waals surface area (Å²) in [6.45, 7) is 0. The summed E-state index contributed by atoms with van der Waals surface area (Å²) in [6, 6.07) is 27.2. The zero-order valence-corrected chi connectivity index (χ0v) is 21.4. The van der Waals surface area contributed by atoms with Crippen molar-refractivity contribution in [3.63, 3.8) is 0 Å². The summed E-state index contributed by atoms with van der Waals surface area (Å²) >= 11 is 0. The molecule has 0 spiro atoms. The maximum absolute atomic E-state index is 13.9. The minimum absolute atomic E-state index is 0.304. The van der Waals surface area contributed by atoms with Crippen LogP contribution in [0.15, 0.2) is 97.1 Å². The van der Waals surface area contributed by atoms with Crippen molar-refractivity contribution in [2.75, 3.05) is 14.2 Å². The van der Waals surface area contributed by atoms with Crippen molar-refractivity contribution in [1.29, 1.82) is 0 Å². The number of hydrogen-bond donors (Lipinski definition) is 1. The highest BCUT2D eigenvalue weighted by molar-refractivity contribution is 5.86. The molecule has 5 rings (SSSR count). The first-order valence-electron chi connectivity index (χ1n) is 12.5. The van der Waals surface area contributed by atoms with E-state index in [0.717, 1.165) is 11.1 Å². The molecule has 7 heteroatoms. The van der Waals surface area contributed by atoms with Crippen LogP contribution in [0.1, 0.15) is 23.0 Å². The molecule has 0 unspecified atom stereocenters. The topological polar surface area (TPSA) is 82.1 Å². The quantitative estimate of drug-likeness (QED) is 0.214. The van der Waals surface area contributed by atoms with E-state index in [1.807, 2.05) is 6.07 Å². The molecule has 4 aromatic carbocycles. The number of aliphatic carboxylic acids is 1. The molecule has 0 amide bonds. The predicted molar refractivity (Wildman–Crippen MR) is 144 cm³/mol. The number of benzene rings is 4. The summed E-state index contributed by atoms with van der Waals surface area (Å²) in [5.41, 5.74) is 2.77. The fourth-order valence-electron chi connectivity index (χ4n) is 5.57. The number of hydrogen-bond acceptors (Lipinski definition) is 5. The normalized spacial score (nSPS) is 20.0. The van der Waals surface area contributed by atoms with Crippen LogP contribution in [0.3, 0.4) is 0 Å². The van der Waals surface area contributed by atoms with E-state index in [-0.39, 0.29) is 5.82 Å². The van der Waals surface area contributed by atoms with Crippen LogP contribution in [0.2, 0.25) is 0 Å². The average molecular weight is 527 g/mol. The molecule has 198 valence electrons.